The number of amides is 1. The molecule has 3 N–H and O–H groups in total. The van der Waals surface area contributed by atoms with Crippen molar-refractivity contribution in [3.8, 4) is 0 Å². The molecular formula is C16H24N2O3. The van der Waals surface area contributed by atoms with Crippen LogP contribution in [0.2, 0.25) is 0 Å². The molecule has 1 aromatic carbocycles. The van der Waals surface area contributed by atoms with E-state index in [1.165, 1.54) is 0 Å². The molecule has 0 saturated heterocycles. The molecule has 0 aliphatic carbocycles. The number of hydrogen-bond donors (Lipinski definition) is 3. The van der Waals surface area contributed by atoms with Crippen molar-refractivity contribution in [2.24, 2.45) is 0 Å². The second kappa shape index (κ2) is 7.78. The van der Waals surface area contributed by atoms with Gasteiger partial charge in [0.2, 0.25) is 5.91 Å². The van der Waals surface area contributed by atoms with E-state index in [1.807, 2.05) is 20.8 Å². The highest BCUT2D eigenvalue weighted by Crippen LogP contribution is 2.09. The van der Waals surface area contributed by atoms with Crippen LogP contribution in [-0.4, -0.2) is 35.6 Å². The minimum atomic E-state index is -0.939. The van der Waals surface area contributed by atoms with Crippen LogP contribution in [-0.2, 0) is 11.2 Å². The Labute approximate surface area is 125 Å². The molecule has 1 rings (SSSR count). The first kappa shape index (κ1) is 17.2. The fourth-order valence-electron chi connectivity index (χ4n) is 1.92. The molecule has 0 unspecified atom stereocenters. The highest BCUT2D eigenvalue weighted by Gasteiger charge is 2.11. The molecule has 0 spiro atoms. The average Bonchev–Trinajstić information content (AvgIpc) is 2.37. The van der Waals surface area contributed by atoms with Crippen molar-refractivity contribution in [1.82, 2.24) is 10.6 Å². The van der Waals surface area contributed by atoms with Crippen molar-refractivity contribution in [3.63, 3.8) is 0 Å². The van der Waals surface area contributed by atoms with Crippen molar-refractivity contribution < 1.29 is 14.7 Å². The number of carbonyl (C=O) groups excluding carboxylic acids is 1. The van der Waals surface area contributed by atoms with E-state index in [-0.39, 0.29) is 11.4 Å². The van der Waals surface area contributed by atoms with Gasteiger partial charge < -0.3 is 15.7 Å². The maximum Gasteiger partial charge on any atom is 0.335 e. The van der Waals surface area contributed by atoms with E-state index in [2.05, 4.69) is 10.6 Å². The Kier molecular flexibility index (Phi) is 6.37. The molecule has 0 aliphatic heterocycles. The van der Waals surface area contributed by atoms with E-state index < -0.39 is 5.97 Å². The molecule has 0 saturated carbocycles. The maximum atomic E-state index is 11.7. The Morgan fingerprint density at radius 1 is 1.14 bits per heavy atom. The molecule has 0 fully saturated rings. The van der Waals surface area contributed by atoms with E-state index in [9.17, 15) is 9.59 Å². The minimum absolute atomic E-state index is 0.000702. The Morgan fingerprint density at radius 2 is 1.81 bits per heavy atom. The summed E-state index contributed by atoms with van der Waals surface area (Å²) in [6, 6.07) is 6.85. The number of hydrogen-bond acceptors (Lipinski definition) is 3. The van der Waals surface area contributed by atoms with E-state index >= 15 is 0 Å². The third kappa shape index (κ3) is 6.90. The number of rotatable bonds is 7. The average molecular weight is 292 g/mol. The highest BCUT2D eigenvalue weighted by atomic mass is 16.4. The summed E-state index contributed by atoms with van der Waals surface area (Å²) in [5.41, 5.74) is 1.03. The van der Waals surface area contributed by atoms with Crippen molar-refractivity contribution in [2.45, 2.75) is 39.2 Å². The van der Waals surface area contributed by atoms with Crippen molar-refractivity contribution >= 4 is 11.9 Å². The zero-order valence-electron chi connectivity index (χ0n) is 12.9. The molecule has 116 valence electrons. The topological polar surface area (TPSA) is 78.4 Å². The normalized spacial score (nSPS) is 11.2. The van der Waals surface area contributed by atoms with Gasteiger partial charge in [0, 0.05) is 25.0 Å². The molecule has 0 aliphatic rings. The second-order valence-electron chi connectivity index (χ2n) is 5.99. The van der Waals surface area contributed by atoms with Crippen LogP contribution in [0.25, 0.3) is 0 Å². The number of aromatic carboxylic acids is 1. The standard InChI is InChI=1S/C16H24N2O3/c1-16(2,3)18-11-9-14(19)17-10-8-12-6-4-5-7-13(12)15(20)21/h4-7,18H,8-11H2,1-3H3,(H,17,19)(H,20,21). The van der Waals surface area contributed by atoms with Gasteiger partial charge in [-0.1, -0.05) is 18.2 Å². The highest BCUT2D eigenvalue weighted by molar-refractivity contribution is 5.89. The fourth-order valence-corrected chi connectivity index (χ4v) is 1.92. The monoisotopic (exact) mass is 292 g/mol. The third-order valence-corrected chi connectivity index (χ3v) is 2.97. The summed E-state index contributed by atoms with van der Waals surface area (Å²) in [7, 11) is 0. The lowest BCUT2D eigenvalue weighted by Gasteiger charge is -2.20. The molecule has 1 amide bonds. The summed E-state index contributed by atoms with van der Waals surface area (Å²) in [5, 5.41) is 15.1. The van der Waals surface area contributed by atoms with Gasteiger partial charge >= 0.3 is 5.97 Å². The molecule has 0 radical (unpaired) electrons. The lowest BCUT2D eigenvalue weighted by atomic mass is 10.0. The van der Waals surface area contributed by atoms with Gasteiger partial charge in [-0.25, -0.2) is 4.79 Å². The quantitative estimate of drug-likeness (QED) is 0.716. The lowest BCUT2D eigenvalue weighted by Crippen LogP contribution is -2.38. The van der Waals surface area contributed by atoms with Gasteiger partial charge in [-0.2, -0.15) is 0 Å². The summed E-state index contributed by atoms with van der Waals surface area (Å²) in [5.74, 6) is -0.967. The zero-order chi connectivity index (χ0) is 15.9. The van der Waals surface area contributed by atoms with Gasteiger partial charge in [0.25, 0.3) is 0 Å². The molecule has 0 heterocycles. The Morgan fingerprint density at radius 3 is 2.43 bits per heavy atom. The first-order chi connectivity index (χ1) is 9.79. The second-order valence-corrected chi connectivity index (χ2v) is 5.99. The van der Waals surface area contributed by atoms with Crippen LogP contribution in [0.3, 0.4) is 0 Å². The number of nitrogens with one attached hydrogen (secondary N) is 2. The van der Waals surface area contributed by atoms with Gasteiger partial charge in [-0.3, -0.25) is 4.79 Å². The molecule has 1 aromatic rings. The van der Waals surface area contributed by atoms with E-state index in [4.69, 9.17) is 5.11 Å². The van der Waals surface area contributed by atoms with Gasteiger partial charge in [0.1, 0.15) is 0 Å². The van der Waals surface area contributed by atoms with Crippen LogP contribution >= 0.6 is 0 Å². The van der Waals surface area contributed by atoms with Crippen molar-refractivity contribution in [1.29, 1.82) is 0 Å². The lowest BCUT2D eigenvalue weighted by molar-refractivity contribution is -0.121. The van der Waals surface area contributed by atoms with Crippen LogP contribution < -0.4 is 10.6 Å². The fraction of sp³-hybridized carbons (Fsp3) is 0.500. The summed E-state index contributed by atoms with van der Waals surface area (Å²) in [6.07, 6.45) is 0.929. The third-order valence-electron chi connectivity index (χ3n) is 2.97. The first-order valence-corrected chi connectivity index (χ1v) is 7.12. The number of carbonyl (C=O) groups is 2. The molecule has 5 heteroatoms. The van der Waals surface area contributed by atoms with E-state index in [0.29, 0.717) is 31.5 Å². The number of carboxylic acid groups (broad SMARTS) is 1. The molecule has 0 atom stereocenters. The van der Waals surface area contributed by atoms with Gasteiger partial charge in [0.15, 0.2) is 0 Å². The zero-order valence-corrected chi connectivity index (χ0v) is 12.9. The van der Waals surface area contributed by atoms with E-state index in [1.54, 1.807) is 24.3 Å². The minimum Gasteiger partial charge on any atom is -0.478 e. The Bertz CT molecular complexity index is 493. The molecule has 21 heavy (non-hydrogen) atoms. The largest absolute Gasteiger partial charge is 0.478 e. The Hall–Kier alpha value is -1.88. The van der Waals surface area contributed by atoms with Crippen molar-refractivity contribution in [2.75, 3.05) is 13.1 Å². The molecule has 5 nitrogen and oxygen atoms in total. The van der Waals surface area contributed by atoms with Gasteiger partial charge in [0.05, 0.1) is 5.56 Å². The van der Waals surface area contributed by atoms with Crippen molar-refractivity contribution in [3.05, 3.63) is 35.4 Å². The summed E-state index contributed by atoms with van der Waals surface area (Å²) in [6.45, 7) is 7.22. The number of carboxylic acids is 1. The number of benzene rings is 1. The Balaban J connectivity index is 2.34. The van der Waals surface area contributed by atoms with Crippen LogP contribution in [0.5, 0.6) is 0 Å². The van der Waals surface area contributed by atoms with Crippen LogP contribution in [0.4, 0.5) is 0 Å². The molecule has 0 aromatic heterocycles. The van der Waals surface area contributed by atoms with Crippen LogP contribution in [0.1, 0.15) is 43.1 Å². The SMILES string of the molecule is CC(C)(C)NCCC(=O)NCCc1ccccc1C(=O)O. The summed E-state index contributed by atoms with van der Waals surface area (Å²) in [4.78, 5) is 22.7. The molecular weight excluding hydrogens is 268 g/mol. The van der Waals surface area contributed by atoms with Gasteiger partial charge in [-0.05, 0) is 38.8 Å². The first-order valence-electron chi connectivity index (χ1n) is 7.12. The van der Waals surface area contributed by atoms with Gasteiger partial charge in [-0.15, -0.1) is 0 Å². The smallest absolute Gasteiger partial charge is 0.335 e. The van der Waals surface area contributed by atoms with Crippen LogP contribution in [0.15, 0.2) is 24.3 Å². The predicted octanol–water partition coefficient (Wildman–Crippen LogP) is 1.82. The van der Waals surface area contributed by atoms with Crippen LogP contribution in [0, 0.1) is 0 Å². The van der Waals surface area contributed by atoms with E-state index in [0.717, 1.165) is 5.56 Å². The molecule has 0 bridgehead atoms. The predicted molar refractivity (Wildman–Crippen MR) is 82.5 cm³/mol. The maximum absolute atomic E-state index is 11.7. The summed E-state index contributed by atoms with van der Waals surface area (Å²) >= 11 is 0. The summed E-state index contributed by atoms with van der Waals surface area (Å²) < 4.78 is 0.